The molecule has 2 heterocycles. The molecule has 0 unspecified atom stereocenters. The normalized spacial score (nSPS) is 19.7. The molecule has 154 valence electrons. The average molecular weight is 393 g/mol. The van der Waals surface area contributed by atoms with Crippen molar-refractivity contribution in [2.45, 2.75) is 32.1 Å². The van der Waals surface area contributed by atoms with Gasteiger partial charge in [0, 0.05) is 5.69 Å². The SMILES string of the molecule is O=C(C[NH+]1CCN(C(=O)C[NH+]2CCCCCCC2)CC1)Nc1cccc(F)c1. The summed E-state index contributed by atoms with van der Waals surface area (Å²) in [5.74, 6) is -0.233. The number of benzene rings is 1. The Balaban J connectivity index is 1.38. The van der Waals surface area contributed by atoms with Gasteiger partial charge in [0.2, 0.25) is 0 Å². The van der Waals surface area contributed by atoms with Gasteiger partial charge in [0.05, 0.1) is 39.3 Å². The van der Waals surface area contributed by atoms with Crippen molar-refractivity contribution in [3.05, 3.63) is 30.1 Å². The number of nitrogens with zero attached hydrogens (tertiary/aromatic N) is 1. The molecule has 2 aliphatic heterocycles. The lowest BCUT2D eigenvalue weighted by Crippen LogP contribution is -3.16. The number of rotatable bonds is 5. The Morgan fingerprint density at radius 1 is 0.929 bits per heavy atom. The van der Waals surface area contributed by atoms with Gasteiger partial charge in [-0.3, -0.25) is 9.59 Å². The fourth-order valence-corrected chi connectivity index (χ4v) is 4.16. The average Bonchev–Trinajstić information content (AvgIpc) is 2.64. The van der Waals surface area contributed by atoms with Gasteiger partial charge in [-0.25, -0.2) is 4.39 Å². The first-order chi connectivity index (χ1) is 13.6. The smallest absolute Gasteiger partial charge is 0.279 e. The van der Waals surface area contributed by atoms with E-state index in [2.05, 4.69) is 5.32 Å². The predicted octanol–water partition coefficient (Wildman–Crippen LogP) is -0.660. The van der Waals surface area contributed by atoms with E-state index in [1.165, 1.54) is 49.1 Å². The molecule has 1 aromatic rings. The minimum Gasteiger partial charge on any atom is -0.327 e. The van der Waals surface area contributed by atoms with Crippen LogP contribution in [0, 0.1) is 5.82 Å². The van der Waals surface area contributed by atoms with Gasteiger partial charge in [0.1, 0.15) is 5.82 Å². The monoisotopic (exact) mass is 392 g/mol. The van der Waals surface area contributed by atoms with E-state index in [1.54, 1.807) is 12.1 Å². The van der Waals surface area contributed by atoms with Gasteiger partial charge >= 0.3 is 0 Å². The largest absolute Gasteiger partial charge is 0.327 e. The van der Waals surface area contributed by atoms with E-state index in [0.717, 1.165) is 31.1 Å². The molecule has 2 aliphatic rings. The zero-order valence-electron chi connectivity index (χ0n) is 16.6. The van der Waals surface area contributed by atoms with Gasteiger partial charge in [0.25, 0.3) is 11.8 Å². The number of anilines is 1. The van der Waals surface area contributed by atoms with Gasteiger partial charge in [-0.05, 0) is 43.9 Å². The third-order valence-corrected chi connectivity index (χ3v) is 5.80. The van der Waals surface area contributed by atoms with Gasteiger partial charge in [-0.1, -0.05) is 12.5 Å². The predicted molar refractivity (Wildman–Crippen MR) is 106 cm³/mol. The van der Waals surface area contributed by atoms with Crippen LogP contribution in [0.2, 0.25) is 0 Å². The molecule has 0 bridgehead atoms. The standard InChI is InChI=1S/C21H31FN4O2/c22-18-7-6-8-19(15-18)23-20(27)16-25-11-13-26(14-12-25)21(28)17-24-9-4-2-1-3-5-10-24/h6-8,15H,1-5,9-14,16-17H2,(H,23,27)/p+2. The van der Waals surface area contributed by atoms with E-state index < -0.39 is 0 Å². The lowest BCUT2D eigenvalue weighted by Gasteiger charge is -2.32. The maximum absolute atomic E-state index is 13.2. The van der Waals surface area contributed by atoms with Crippen LogP contribution in [0.5, 0.6) is 0 Å². The molecule has 2 saturated heterocycles. The van der Waals surface area contributed by atoms with Crippen molar-refractivity contribution in [1.82, 2.24) is 4.90 Å². The molecule has 7 heteroatoms. The topological polar surface area (TPSA) is 58.3 Å². The molecule has 2 amide bonds. The molecular weight excluding hydrogens is 359 g/mol. The lowest BCUT2D eigenvalue weighted by molar-refractivity contribution is -0.898. The second kappa shape index (κ2) is 10.5. The van der Waals surface area contributed by atoms with Crippen LogP contribution in [0.4, 0.5) is 10.1 Å². The van der Waals surface area contributed by atoms with Crippen molar-refractivity contribution in [3.63, 3.8) is 0 Å². The lowest BCUT2D eigenvalue weighted by atomic mass is 10.1. The Bertz CT molecular complexity index is 654. The molecule has 0 aromatic heterocycles. The summed E-state index contributed by atoms with van der Waals surface area (Å²) >= 11 is 0. The first-order valence-corrected chi connectivity index (χ1v) is 10.6. The van der Waals surface area contributed by atoms with E-state index in [9.17, 15) is 14.0 Å². The van der Waals surface area contributed by atoms with Crippen LogP contribution >= 0.6 is 0 Å². The molecular formula is C21H33FN4O2+2. The molecule has 0 atom stereocenters. The van der Waals surface area contributed by atoms with E-state index in [1.807, 2.05) is 4.90 Å². The second-order valence-electron chi connectivity index (χ2n) is 8.06. The fourth-order valence-electron chi connectivity index (χ4n) is 4.16. The van der Waals surface area contributed by atoms with Crippen LogP contribution in [0.15, 0.2) is 24.3 Å². The zero-order chi connectivity index (χ0) is 19.8. The summed E-state index contributed by atoms with van der Waals surface area (Å²) < 4.78 is 13.2. The molecule has 0 saturated carbocycles. The third kappa shape index (κ3) is 6.56. The first kappa shape index (κ1) is 20.7. The first-order valence-electron chi connectivity index (χ1n) is 10.6. The second-order valence-corrected chi connectivity index (χ2v) is 8.06. The molecule has 3 N–H and O–H groups in total. The highest BCUT2D eigenvalue weighted by atomic mass is 19.1. The van der Waals surface area contributed by atoms with Crippen LogP contribution in [0.3, 0.4) is 0 Å². The summed E-state index contributed by atoms with van der Waals surface area (Å²) in [5.41, 5.74) is 0.481. The van der Waals surface area contributed by atoms with E-state index >= 15 is 0 Å². The van der Waals surface area contributed by atoms with Crippen LogP contribution in [0.25, 0.3) is 0 Å². The molecule has 0 aliphatic carbocycles. The summed E-state index contributed by atoms with van der Waals surface area (Å²) in [6.07, 6.45) is 6.36. The third-order valence-electron chi connectivity index (χ3n) is 5.80. The number of likely N-dealkylation sites (tertiary alicyclic amines) is 1. The maximum atomic E-state index is 13.2. The van der Waals surface area contributed by atoms with Crippen molar-refractivity contribution in [1.29, 1.82) is 0 Å². The number of halogens is 1. The summed E-state index contributed by atoms with van der Waals surface area (Å²) in [7, 11) is 0. The molecule has 3 rings (SSSR count). The zero-order valence-corrected chi connectivity index (χ0v) is 16.6. The molecule has 28 heavy (non-hydrogen) atoms. The molecule has 2 fully saturated rings. The minimum absolute atomic E-state index is 0.120. The molecule has 0 spiro atoms. The quantitative estimate of drug-likeness (QED) is 0.623. The van der Waals surface area contributed by atoms with Crippen molar-refractivity contribution < 1.29 is 23.8 Å². The van der Waals surface area contributed by atoms with E-state index in [-0.39, 0.29) is 17.6 Å². The van der Waals surface area contributed by atoms with Crippen molar-refractivity contribution >= 4 is 17.5 Å². The number of hydrogen-bond donors (Lipinski definition) is 3. The number of hydrogen-bond acceptors (Lipinski definition) is 2. The Kier molecular flexibility index (Phi) is 7.80. The minimum atomic E-state index is -0.362. The number of amides is 2. The fraction of sp³-hybridized carbons (Fsp3) is 0.619. The summed E-state index contributed by atoms with van der Waals surface area (Å²) in [5, 5.41) is 2.75. The summed E-state index contributed by atoms with van der Waals surface area (Å²) in [4.78, 5) is 29.4. The van der Waals surface area contributed by atoms with E-state index in [4.69, 9.17) is 0 Å². The Morgan fingerprint density at radius 3 is 2.25 bits per heavy atom. The van der Waals surface area contributed by atoms with Crippen molar-refractivity contribution in [3.8, 4) is 0 Å². The van der Waals surface area contributed by atoms with E-state index in [0.29, 0.717) is 31.9 Å². The Morgan fingerprint density at radius 2 is 1.57 bits per heavy atom. The van der Waals surface area contributed by atoms with Crippen molar-refractivity contribution in [2.75, 3.05) is 57.7 Å². The Hall–Kier alpha value is -1.99. The maximum Gasteiger partial charge on any atom is 0.279 e. The summed E-state index contributed by atoms with van der Waals surface area (Å²) in [6.45, 7) is 6.12. The highest BCUT2D eigenvalue weighted by Crippen LogP contribution is 2.08. The van der Waals surface area contributed by atoms with Crippen LogP contribution in [-0.4, -0.2) is 69.1 Å². The van der Waals surface area contributed by atoms with Gasteiger partial charge in [-0.2, -0.15) is 0 Å². The Labute approximate surface area is 166 Å². The van der Waals surface area contributed by atoms with Gasteiger partial charge < -0.3 is 20.0 Å². The number of piperazine rings is 1. The van der Waals surface area contributed by atoms with Crippen molar-refractivity contribution in [2.24, 2.45) is 0 Å². The highest BCUT2D eigenvalue weighted by molar-refractivity contribution is 5.91. The number of nitrogens with one attached hydrogen (secondary N) is 3. The number of carbonyl (C=O) groups is 2. The van der Waals surface area contributed by atoms with Gasteiger partial charge in [-0.15, -0.1) is 0 Å². The number of quaternary nitrogens is 2. The summed E-state index contributed by atoms with van der Waals surface area (Å²) in [6, 6.07) is 5.93. The van der Waals surface area contributed by atoms with Crippen LogP contribution < -0.4 is 15.1 Å². The highest BCUT2D eigenvalue weighted by Gasteiger charge is 2.27. The molecule has 1 aromatic carbocycles. The van der Waals surface area contributed by atoms with Gasteiger partial charge in [0.15, 0.2) is 13.1 Å². The molecule has 6 nitrogen and oxygen atoms in total. The van der Waals surface area contributed by atoms with Crippen LogP contribution in [0.1, 0.15) is 32.1 Å². The number of carbonyl (C=O) groups excluding carboxylic acids is 2. The van der Waals surface area contributed by atoms with Crippen LogP contribution in [-0.2, 0) is 9.59 Å². The molecule has 0 radical (unpaired) electrons.